The van der Waals surface area contributed by atoms with E-state index >= 15 is 0 Å². The molecule has 1 amide bonds. The van der Waals surface area contributed by atoms with Gasteiger partial charge >= 0.3 is 0 Å². The van der Waals surface area contributed by atoms with E-state index in [9.17, 15) is 4.79 Å². The van der Waals surface area contributed by atoms with Crippen molar-refractivity contribution in [3.8, 4) is 0 Å². The molecule has 0 aliphatic heterocycles. The Hall–Kier alpha value is -2.37. The van der Waals surface area contributed by atoms with Crippen LogP contribution >= 0.6 is 0 Å². The molecule has 0 bridgehead atoms. The third-order valence-electron chi connectivity index (χ3n) is 3.28. The highest BCUT2D eigenvalue weighted by Crippen LogP contribution is 2.15. The van der Waals surface area contributed by atoms with Gasteiger partial charge in [-0.2, -0.15) is 10.2 Å². The molecule has 1 atom stereocenters. The van der Waals surface area contributed by atoms with Crippen molar-refractivity contribution in [2.45, 2.75) is 33.4 Å². The number of hydrogen-bond acceptors (Lipinski definition) is 3. The number of carbonyl (C=O) groups excluding carboxylic acids is 1. The first-order valence-electron chi connectivity index (χ1n) is 7.00. The average Bonchev–Trinajstić information content (AvgIpc) is 3.02. The minimum Gasteiger partial charge on any atom is -0.346 e. The predicted octanol–water partition coefficient (Wildman–Crippen LogP) is 1.84. The summed E-state index contributed by atoms with van der Waals surface area (Å²) in [5, 5.41) is 11.4. The Morgan fingerprint density at radius 1 is 1.48 bits per heavy atom. The number of aromatic nitrogens is 4. The molecule has 0 aliphatic carbocycles. The molecule has 6 nitrogen and oxygen atoms in total. The van der Waals surface area contributed by atoms with Gasteiger partial charge in [-0.3, -0.25) is 14.2 Å². The molecule has 112 valence electrons. The van der Waals surface area contributed by atoms with Gasteiger partial charge in [-0.15, -0.1) is 0 Å². The molecule has 21 heavy (non-hydrogen) atoms. The minimum atomic E-state index is -0.130. The van der Waals surface area contributed by atoms with Gasteiger partial charge in [-0.25, -0.2) is 0 Å². The average molecular weight is 287 g/mol. The fourth-order valence-electron chi connectivity index (χ4n) is 2.19. The molecule has 2 aromatic heterocycles. The quantitative estimate of drug-likeness (QED) is 0.853. The van der Waals surface area contributed by atoms with E-state index < -0.39 is 0 Å². The molecule has 0 fully saturated rings. The van der Waals surface area contributed by atoms with Crippen molar-refractivity contribution < 1.29 is 4.79 Å². The van der Waals surface area contributed by atoms with E-state index in [0.29, 0.717) is 0 Å². The second kappa shape index (κ2) is 6.39. The third-order valence-corrected chi connectivity index (χ3v) is 3.28. The maximum Gasteiger partial charge on any atom is 0.244 e. The monoisotopic (exact) mass is 287 g/mol. The number of nitrogens with one attached hydrogen (secondary N) is 1. The first-order valence-corrected chi connectivity index (χ1v) is 7.00. The Bertz CT molecular complexity index is 653. The number of nitrogens with zero attached hydrogens (tertiary/aromatic N) is 4. The summed E-state index contributed by atoms with van der Waals surface area (Å²) in [6, 6.07) is -0.0748. The van der Waals surface area contributed by atoms with Crippen LogP contribution in [-0.2, 0) is 18.4 Å². The first kappa shape index (κ1) is 15.0. The third kappa shape index (κ3) is 3.81. The van der Waals surface area contributed by atoms with E-state index in [1.54, 1.807) is 17.0 Å². The van der Waals surface area contributed by atoms with E-state index in [1.165, 1.54) is 6.08 Å². The second-order valence-electron chi connectivity index (χ2n) is 5.04. The van der Waals surface area contributed by atoms with E-state index in [1.807, 2.05) is 44.9 Å². The summed E-state index contributed by atoms with van der Waals surface area (Å²) in [5.41, 5.74) is 2.87. The van der Waals surface area contributed by atoms with Gasteiger partial charge in [0.15, 0.2) is 0 Å². The lowest BCUT2D eigenvalue weighted by Crippen LogP contribution is -2.24. The Kier molecular flexibility index (Phi) is 4.57. The van der Waals surface area contributed by atoms with Crippen LogP contribution < -0.4 is 5.32 Å². The largest absolute Gasteiger partial charge is 0.346 e. The van der Waals surface area contributed by atoms with Gasteiger partial charge in [-0.05, 0) is 26.8 Å². The number of rotatable bonds is 5. The lowest BCUT2D eigenvalue weighted by Gasteiger charge is -2.11. The molecule has 0 aliphatic rings. The minimum absolute atomic E-state index is 0.0748. The van der Waals surface area contributed by atoms with Gasteiger partial charge < -0.3 is 5.32 Å². The van der Waals surface area contributed by atoms with Crippen LogP contribution in [0.2, 0.25) is 0 Å². The van der Waals surface area contributed by atoms with Crippen LogP contribution in [0.25, 0.3) is 6.08 Å². The van der Waals surface area contributed by atoms with Gasteiger partial charge in [0.05, 0.1) is 17.9 Å². The predicted molar refractivity (Wildman–Crippen MR) is 81.4 cm³/mol. The lowest BCUT2D eigenvalue weighted by atomic mass is 10.1. The second-order valence-corrected chi connectivity index (χ2v) is 5.04. The number of hydrogen-bond donors (Lipinski definition) is 1. The fraction of sp³-hybridized carbons (Fsp3) is 0.400. The molecule has 2 heterocycles. The van der Waals surface area contributed by atoms with Crippen LogP contribution in [0.1, 0.15) is 36.7 Å². The van der Waals surface area contributed by atoms with Gasteiger partial charge in [-0.1, -0.05) is 0 Å². The molecule has 0 radical (unpaired) electrons. The van der Waals surface area contributed by atoms with Crippen LogP contribution in [0.4, 0.5) is 0 Å². The highest BCUT2D eigenvalue weighted by molar-refractivity contribution is 5.91. The Morgan fingerprint density at radius 3 is 2.81 bits per heavy atom. The SMILES string of the molecule is CCn1cc(/C=C/C(=O)NC(C)c2cn(C)nc2C)cn1. The highest BCUT2D eigenvalue weighted by Gasteiger charge is 2.12. The normalized spacial score (nSPS) is 12.8. The number of carbonyl (C=O) groups is 1. The Labute approximate surface area is 124 Å². The van der Waals surface area contributed by atoms with Gasteiger partial charge in [0.1, 0.15) is 0 Å². The molecule has 6 heteroatoms. The zero-order valence-electron chi connectivity index (χ0n) is 12.9. The number of aryl methyl sites for hydroxylation is 3. The smallest absolute Gasteiger partial charge is 0.244 e. The highest BCUT2D eigenvalue weighted by atomic mass is 16.1. The van der Waals surface area contributed by atoms with Crippen molar-refractivity contribution in [2.24, 2.45) is 7.05 Å². The molecular weight excluding hydrogens is 266 g/mol. The standard InChI is InChI=1S/C15H21N5O/c1-5-20-9-13(8-16-20)6-7-15(21)17-11(2)14-10-19(4)18-12(14)3/h6-11H,5H2,1-4H3,(H,17,21)/b7-6+. The maximum absolute atomic E-state index is 11.9. The van der Waals surface area contributed by atoms with Gasteiger partial charge in [0.25, 0.3) is 0 Å². The molecule has 0 saturated heterocycles. The van der Waals surface area contributed by atoms with Crippen molar-refractivity contribution in [1.82, 2.24) is 24.9 Å². The lowest BCUT2D eigenvalue weighted by molar-refractivity contribution is -0.117. The summed E-state index contributed by atoms with van der Waals surface area (Å²) < 4.78 is 3.57. The van der Waals surface area contributed by atoms with Crippen LogP contribution in [0.3, 0.4) is 0 Å². The van der Waals surface area contributed by atoms with E-state index in [2.05, 4.69) is 15.5 Å². The van der Waals surface area contributed by atoms with Crippen LogP contribution in [0.5, 0.6) is 0 Å². The summed E-state index contributed by atoms with van der Waals surface area (Å²) in [6.07, 6.45) is 8.85. The molecular formula is C15H21N5O. The van der Waals surface area contributed by atoms with Crippen molar-refractivity contribution >= 4 is 12.0 Å². The van der Waals surface area contributed by atoms with Crippen LogP contribution in [0.15, 0.2) is 24.7 Å². The summed E-state index contributed by atoms with van der Waals surface area (Å²) in [6.45, 7) is 6.72. The van der Waals surface area contributed by atoms with E-state index in [0.717, 1.165) is 23.4 Å². The Morgan fingerprint density at radius 2 is 2.24 bits per heavy atom. The summed E-state index contributed by atoms with van der Waals surface area (Å²) in [7, 11) is 1.87. The van der Waals surface area contributed by atoms with Gasteiger partial charge in [0, 0.05) is 43.2 Å². The van der Waals surface area contributed by atoms with Crippen LogP contribution in [-0.4, -0.2) is 25.5 Å². The first-order chi connectivity index (χ1) is 9.99. The summed E-state index contributed by atoms with van der Waals surface area (Å²) >= 11 is 0. The molecule has 0 saturated carbocycles. The molecule has 0 spiro atoms. The molecule has 2 aromatic rings. The summed E-state index contributed by atoms with van der Waals surface area (Å²) in [4.78, 5) is 11.9. The molecule has 1 N–H and O–H groups in total. The summed E-state index contributed by atoms with van der Waals surface area (Å²) in [5.74, 6) is -0.130. The zero-order valence-corrected chi connectivity index (χ0v) is 12.9. The number of amides is 1. The maximum atomic E-state index is 11.9. The van der Waals surface area contributed by atoms with Crippen molar-refractivity contribution in [1.29, 1.82) is 0 Å². The molecule has 0 aromatic carbocycles. The van der Waals surface area contributed by atoms with Crippen molar-refractivity contribution in [3.05, 3.63) is 41.5 Å². The van der Waals surface area contributed by atoms with E-state index in [-0.39, 0.29) is 11.9 Å². The van der Waals surface area contributed by atoms with Crippen molar-refractivity contribution in [3.63, 3.8) is 0 Å². The fourth-order valence-corrected chi connectivity index (χ4v) is 2.19. The van der Waals surface area contributed by atoms with Crippen LogP contribution in [0, 0.1) is 6.92 Å². The Balaban J connectivity index is 1.96. The molecule has 2 rings (SSSR count). The van der Waals surface area contributed by atoms with Gasteiger partial charge in [0.2, 0.25) is 5.91 Å². The molecule has 1 unspecified atom stereocenters. The topological polar surface area (TPSA) is 64.7 Å². The van der Waals surface area contributed by atoms with E-state index in [4.69, 9.17) is 0 Å². The van der Waals surface area contributed by atoms with Crippen molar-refractivity contribution in [2.75, 3.05) is 0 Å². The zero-order chi connectivity index (χ0) is 15.4.